The normalized spacial score (nSPS) is 11.0. The molecule has 21 heavy (non-hydrogen) atoms. The van der Waals surface area contributed by atoms with Gasteiger partial charge in [-0.25, -0.2) is 9.97 Å². The van der Waals surface area contributed by atoms with Crippen LogP contribution in [0.3, 0.4) is 0 Å². The summed E-state index contributed by atoms with van der Waals surface area (Å²) in [6, 6.07) is 14.0. The molecule has 5 heteroatoms. The Morgan fingerprint density at radius 1 is 1.05 bits per heavy atom. The fraction of sp³-hybridized carbons (Fsp3) is 0.0625. The van der Waals surface area contributed by atoms with E-state index in [0.717, 1.165) is 16.8 Å². The van der Waals surface area contributed by atoms with Crippen LogP contribution < -0.4 is 0 Å². The van der Waals surface area contributed by atoms with Crippen molar-refractivity contribution in [1.82, 2.24) is 19.7 Å². The summed E-state index contributed by atoms with van der Waals surface area (Å²) in [6.07, 6.45) is 4.94. The molecule has 0 amide bonds. The highest BCUT2D eigenvalue weighted by molar-refractivity contribution is 5.88. The molecule has 0 saturated heterocycles. The van der Waals surface area contributed by atoms with Crippen LogP contribution in [0.4, 0.5) is 0 Å². The minimum absolute atomic E-state index is 0.660. The molecule has 0 aliphatic heterocycles. The second-order valence-electron chi connectivity index (χ2n) is 4.73. The third-order valence-electron chi connectivity index (χ3n) is 3.35. The zero-order chi connectivity index (χ0) is 14.1. The van der Waals surface area contributed by atoms with Crippen LogP contribution in [0.5, 0.6) is 0 Å². The molecule has 0 spiro atoms. The highest BCUT2D eigenvalue weighted by Gasteiger charge is 2.16. The number of rotatable bonds is 3. The third-order valence-corrected chi connectivity index (χ3v) is 3.35. The lowest BCUT2D eigenvalue weighted by Crippen LogP contribution is -2.03. The lowest BCUT2D eigenvalue weighted by molar-refractivity contribution is 0.569. The van der Waals surface area contributed by atoms with E-state index in [2.05, 4.69) is 27.2 Å². The quantitative estimate of drug-likeness (QED) is 0.577. The van der Waals surface area contributed by atoms with Gasteiger partial charge in [0.15, 0.2) is 11.4 Å². The van der Waals surface area contributed by atoms with E-state index in [-0.39, 0.29) is 0 Å². The summed E-state index contributed by atoms with van der Waals surface area (Å²) in [4.78, 5) is 8.33. The Morgan fingerprint density at radius 3 is 2.76 bits per heavy atom. The van der Waals surface area contributed by atoms with Crippen molar-refractivity contribution in [3.8, 4) is 11.5 Å². The molecular weight excluding hydrogens is 264 g/mol. The first-order chi connectivity index (χ1) is 10.4. The van der Waals surface area contributed by atoms with Crippen molar-refractivity contribution in [1.29, 1.82) is 0 Å². The largest absolute Gasteiger partial charge is 0.463 e. The van der Waals surface area contributed by atoms with Gasteiger partial charge in [-0.15, -0.1) is 0 Å². The Kier molecular flexibility index (Phi) is 2.74. The van der Waals surface area contributed by atoms with E-state index in [1.165, 1.54) is 11.9 Å². The van der Waals surface area contributed by atoms with E-state index in [1.54, 1.807) is 12.5 Å². The molecule has 0 unspecified atom stereocenters. The van der Waals surface area contributed by atoms with Crippen molar-refractivity contribution in [2.75, 3.05) is 0 Å². The molecule has 3 heterocycles. The second-order valence-corrected chi connectivity index (χ2v) is 4.73. The highest BCUT2D eigenvalue weighted by atomic mass is 16.3. The van der Waals surface area contributed by atoms with E-state index in [9.17, 15) is 0 Å². The summed E-state index contributed by atoms with van der Waals surface area (Å²) < 4.78 is 7.46. The first kappa shape index (κ1) is 11.8. The maximum atomic E-state index is 5.55. The van der Waals surface area contributed by atoms with Crippen molar-refractivity contribution in [2.45, 2.75) is 6.54 Å². The lowest BCUT2D eigenvalue weighted by Gasteiger charge is -2.05. The standard InChI is InChI=1S/C16H12N4O/c1-2-5-12(6-3-1)10-20-15(14-7-4-8-21-14)13-9-17-11-18-16(13)19-20/h1-9,11H,10H2. The van der Waals surface area contributed by atoms with Crippen molar-refractivity contribution < 1.29 is 4.42 Å². The molecule has 4 aromatic rings. The second kappa shape index (κ2) is 4.86. The van der Waals surface area contributed by atoms with Crippen LogP contribution >= 0.6 is 0 Å². The Labute approximate surface area is 120 Å². The van der Waals surface area contributed by atoms with Crippen molar-refractivity contribution in [2.24, 2.45) is 0 Å². The maximum Gasteiger partial charge on any atom is 0.184 e. The molecule has 3 aromatic heterocycles. The minimum Gasteiger partial charge on any atom is -0.463 e. The molecule has 5 nitrogen and oxygen atoms in total. The fourth-order valence-corrected chi connectivity index (χ4v) is 2.42. The van der Waals surface area contributed by atoms with Gasteiger partial charge >= 0.3 is 0 Å². The molecule has 1 aromatic carbocycles. The monoisotopic (exact) mass is 276 g/mol. The van der Waals surface area contributed by atoms with Gasteiger partial charge < -0.3 is 4.42 Å². The van der Waals surface area contributed by atoms with Gasteiger partial charge in [0.25, 0.3) is 0 Å². The van der Waals surface area contributed by atoms with Gasteiger partial charge in [-0.1, -0.05) is 30.3 Å². The molecule has 0 saturated carbocycles. The Morgan fingerprint density at radius 2 is 1.95 bits per heavy atom. The number of fused-ring (bicyclic) bond motifs is 1. The third kappa shape index (κ3) is 2.08. The number of furan rings is 1. The van der Waals surface area contributed by atoms with Gasteiger partial charge in [-0.3, -0.25) is 4.68 Å². The molecule has 0 fully saturated rings. The van der Waals surface area contributed by atoms with Crippen LogP contribution in [0.1, 0.15) is 5.56 Å². The van der Waals surface area contributed by atoms with Gasteiger partial charge in [0.2, 0.25) is 0 Å². The highest BCUT2D eigenvalue weighted by Crippen LogP contribution is 2.28. The predicted molar refractivity (Wildman–Crippen MR) is 78.6 cm³/mol. The first-order valence-corrected chi connectivity index (χ1v) is 6.66. The van der Waals surface area contributed by atoms with Crippen LogP contribution in [0.25, 0.3) is 22.5 Å². The Hall–Kier alpha value is -2.95. The number of aromatic nitrogens is 4. The van der Waals surface area contributed by atoms with Gasteiger partial charge in [0.05, 0.1) is 18.2 Å². The SMILES string of the molecule is c1ccc(Cn2nc3ncncc3c2-c2ccco2)cc1. The summed E-state index contributed by atoms with van der Waals surface area (Å²) in [7, 11) is 0. The van der Waals surface area contributed by atoms with Crippen LogP contribution in [-0.2, 0) is 6.54 Å². The maximum absolute atomic E-state index is 5.55. The average Bonchev–Trinajstić information content (AvgIpc) is 3.14. The van der Waals surface area contributed by atoms with Crippen LogP contribution in [-0.4, -0.2) is 19.7 Å². The fourth-order valence-electron chi connectivity index (χ4n) is 2.42. The number of hydrogen-bond acceptors (Lipinski definition) is 4. The number of nitrogens with zero attached hydrogens (tertiary/aromatic N) is 4. The lowest BCUT2D eigenvalue weighted by atomic mass is 10.2. The molecule has 0 bridgehead atoms. The van der Waals surface area contributed by atoms with Crippen molar-refractivity contribution in [3.05, 3.63) is 66.8 Å². The summed E-state index contributed by atoms with van der Waals surface area (Å²) in [6.45, 7) is 0.660. The summed E-state index contributed by atoms with van der Waals surface area (Å²) >= 11 is 0. The van der Waals surface area contributed by atoms with E-state index in [4.69, 9.17) is 4.42 Å². The van der Waals surface area contributed by atoms with Crippen LogP contribution in [0.2, 0.25) is 0 Å². The van der Waals surface area contributed by atoms with E-state index < -0.39 is 0 Å². The molecule has 4 rings (SSSR count). The molecular formula is C16H12N4O. The van der Waals surface area contributed by atoms with Crippen LogP contribution in [0.15, 0.2) is 65.7 Å². The number of benzene rings is 1. The van der Waals surface area contributed by atoms with Gasteiger partial charge in [-0.05, 0) is 17.7 Å². The van der Waals surface area contributed by atoms with E-state index >= 15 is 0 Å². The van der Waals surface area contributed by atoms with Crippen LogP contribution in [0, 0.1) is 0 Å². The molecule has 0 N–H and O–H groups in total. The molecule has 0 aliphatic carbocycles. The van der Waals surface area contributed by atoms with Crippen molar-refractivity contribution in [3.63, 3.8) is 0 Å². The van der Waals surface area contributed by atoms with Crippen molar-refractivity contribution >= 4 is 11.0 Å². The number of hydrogen-bond donors (Lipinski definition) is 0. The van der Waals surface area contributed by atoms with Gasteiger partial charge in [-0.2, -0.15) is 5.10 Å². The Bertz CT molecular complexity index is 866. The average molecular weight is 276 g/mol. The molecule has 102 valence electrons. The minimum atomic E-state index is 0.660. The predicted octanol–water partition coefficient (Wildman–Crippen LogP) is 3.13. The van der Waals surface area contributed by atoms with E-state index in [0.29, 0.717) is 12.2 Å². The summed E-state index contributed by atoms with van der Waals surface area (Å²) in [5.41, 5.74) is 2.75. The summed E-state index contributed by atoms with van der Waals surface area (Å²) in [5.74, 6) is 0.767. The van der Waals surface area contributed by atoms with Gasteiger partial charge in [0, 0.05) is 6.20 Å². The molecule has 0 atom stereocenters. The molecule has 0 radical (unpaired) electrons. The first-order valence-electron chi connectivity index (χ1n) is 6.66. The topological polar surface area (TPSA) is 56.7 Å². The Balaban J connectivity index is 1.90. The van der Waals surface area contributed by atoms with E-state index in [1.807, 2.05) is 35.0 Å². The zero-order valence-electron chi connectivity index (χ0n) is 11.2. The zero-order valence-corrected chi connectivity index (χ0v) is 11.2. The molecule has 0 aliphatic rings. The summed E-state index contributed by atoms with van der Waals surface area (Å²) in [5, 5.41) is 5.46. The van der Waals surface area contributed by atoms with Gasteiger partial charge in [0.1, 0.15) is 12.0 Å². The smallest absolute Gasteiger partial charge is 0.184 e.